The van der Waals surface area contributed by atoms with Crippen molar-refractivity contribution in [2.24, 2.45) is 0 Å². The Labute approximate surface area is 194 Å². The second-order valence-corrected chi connectivity index (χ2v) is 8.65. The maximum Gasteiger partial charge on any atom is 0.321 e. The van der Waals surface area contributed by atoms with Crippen molar-refractivity contribution in [3.63, 3.8) is 0 Å². The van der Waals surface area contributed by atoms with Crippen LogP contribution in [0.5, 0.6) is 5.75 Å². The summed E-state index contributed by atoms with van der Waals surface area (Å²) < 4.78 is 6.88. The predicted octanol–water partition coefficient (Wildman–Crippen LogP) is 3.68. The van der Waals surface area contributed by atoms with Crippen molar-refractivity contribution in [3.8, 4) is 11.4 Å². The van der Waals surface area contributed by atoms with Gasteiger partial charge in [0.25, 0.3) is 5.56 Å². The van der Waals surface area contributed by atoms with Crippen LogP contribution in [0.3, 0.4) is 0 Å². The number of nitrogens with one attached hydrogen (secondary N) is 2. The molecule has 0 aliphatic rings. The van der Waals surface area contributed by atoms with Crippen LogP contribution in [-0.2, 0) is 4.79 Å². The molecular weight excluding hydrogens is 452 g/mol. The first-order chi connectivity index (χ1) is 15.3. The Morgan fingerprint density at radius 1 is 1.28 bits per heavy atom. The zero-order chi connectivity index (χ0) is 23.4. The standard InChI is InChI=1S/C22H23ClN4O4S/c1-5-24-21(30)26-19(28)13(3)32-22-25-16-9-7-6-8-14(16)20(29)27(22)17-10-12(2)15(23)11-18(17)31-4/h6-11,13H,5H2,1-4H3,(H2,24,26,28,30)/t13-/m1/s1. The van der Waals surface area contributed by atoms with E-state index < -0.39 is 17.2 Å². The molecule has 0 saturated heterocycles. The molecule has 1 heterocycles. The van der Waals surface area contributed by atoms with E-state index in [1.54, 1.807) is 50.2 Å². The molecule has 2 aromatic carbocycles. The predicted molar refractivity (Wildman–Crippen MR) is 126 cm³/mol. The second kappa shape index (κ2) is 10.1. The smallest absolute Gasteiger partial charge is 0.321 e. The molecule has 1 aromatic heterocycles. The monoisotopic (exact) mass is 474 g/mol. The zero-order valence-corrected chi connectivity index (χ0v) is 19.6. The lowest BCUT2D eigenvalue weighted by Gasteiger charge is -2.18. The molecule has 0 radical (unpaired) electrons. The number of fused-ring (bicyclic) bond motifs is 1. The largest absolute Gasteiger partial charge is 0.495 e. The highest BCUT2D eigenvalue weighted by molar-refractivity contribution is 8.00. The van der Waals surface area contributed by atoms with Gasteiger partial charge < -0.3 is 10.1 Å². The minimum atomic E-state index is -0.712. The zero-order valence-electron chi connectivity index (χ0n) is 18.1. The Bertz CT molecular complexity index is 1240. The number of imide groups is 1. The van der Waals surface area contributed by atoms with E-state index in [-0.39, 0.29) is 10.7 Å². The lowest BCUT2D eigenvalue weighted by molar-refractivity contribution is -0.119. The van der Waals surface area contributed by atoms with Gasteiger partial charge in [-0.15, -0.1) is 0 Å². The van der Waals surface area contributed by atoms with Crippen molar-refractivity contribution in [1.82, 2.24) is 20.2 Å². The van der Waals surface area contributed by atoms with E-state index in [0.29, 0.717) is 33.9 Å². The fraction of sp³-hybridized carbons (Fsp3) is 0.273. The normalized spacial score (nSPS) is 11.8. The summed E-state index contributed by atoms with van der Waals surface area (Å²) in [6.45, 7) is 5.60. The molecule has 32 heavy (non-hydrogen) atoms. The van der Waals surface area contributed by atoms with Gasteiger partial charge in [-0.1, -0.05) is 35.5 Å². The molecule has 0 aliphatic carbocycles. The van der Waals surface area contributed by atoms with Crippen LogP contribution in [0.1, 0.15) is 19.4 Å². The molecule has 3 rings (SSSR count). The number of para-hydroxylation sites is 1. The molecule has 0 saturated carbocycles. The number of methoxy groups -OCH3 is 1. The Morgan fingerprint density at radius 3 is 2.69 bits per heavy atom. The molecule has 10 heteroatoms. The Hall–Kier alpha value is -3.04. The SMILES string of the molecule is CCNC(=O)NC(=O)[C@@H](C)Sc1nc2ccccc2c(=O)n1-c1cc(C)c(Cl)cc1OC. The number of halogens is 1. The molecule has 0 unspecified atom stereocenters. The van der Waals surface area contributed by atoms with E-state index in [2.05, 4.69) is 15.6 Å². The van der Waals surface area contributed by atoms with Crippen LogP contribution in [0.4, 0.5) is 4.79 Å². The molecule has 1 atom stereocenters. The van der Waals surface area contributed by atoms with Gasteiger partial charge in [-0.3, -0.25) is 19.5 Å². The number of thioether (sulfide) groups is 1. The van der Waals surface area contributed by atoms with Gasteiger partial charge in [0.05, 0.1) is 29.0 Å². The van der Waals surface area contributed by atoms with Crippen LogP contribution >= 0.6 is 23.4 Å². The van der Waals surface area contributed by atoms with Gasteiger partial charge in [-0.05, 0) is 44.5 Å². The number of nitrogens with zero attached hydrogens (tertiary/aromatic N) is 2. The minimum Gasteiger partial charge on any atom is -0.495 e. The van der Waals surface area contributed by atoms with Crippen molar-refractivity contribution >= 4 is 46.2 Å². The Morgan fingerprint density at radius 2 is 2.00 bits per heavy atom. The summed E-state index contributed by atoms with van der Waals surface area (Å²) in [4.78, 5) is 42.3. The number of aryl methyl sites for hydroxylation is 1. The van der Waals surface area contributed by atoms with Crippen molar-refractivity contribution < 1.29 is 14.3 Å². The third-order valence-corrected chi connectivity index (χ3v) is 6.13. The van der Waals surface area contributed by atoms with E-state index >= 15 is 0 Å². The summed E-state index contributed by atoms with van der Waals surface area (Å²) in [6.07, 6.45) is 0. The lowest BCUT2D eigenvalue weighted by atomic mass is 10.2. The third kappa shape index (κ3) is 4.89. The highest BCUT2D eigenvalue weighted by atomic mass is 35.5. The molecule has 2 N–H and O–H groups in total. The first kappa shape index (κ1) is 23.6. The quantitative estimate of drug-likeness (QED) is 0.417. The minimum absolute atomic E-state index is 0.285. The summed E-state index contributed by atoms with van der Waals surface area (Å²) in [5, 5.41) is 5.29. The summed E-state index contributed by atoms with van der Waals surface area (Å²) in [6, 6.07) is 9.76. The number of rotatable bonds is 6. The van der Waals surface area contributed by atoms with Crippen molar-refractivity contribution in [2.45, 2.75) is 31.2 Å². The Balaban J connectivity index is 2.14. The van der Waals surface area contributed by atoms with Gasteiger partial charge in [0.15, 0.2) is 5.16 Å². The summed E-state index contributed by atoms with van der Waals surface area (Å²) in [5.74, 6) is -0.116. The highest BCUT2D eigenvalue weighted by Gasteiger charge is 2.23. The average molecular weight is 475 g/mol. The highest BCUT2D eigenvalue weighted by Crippen LogP contribution is 2.33. The molecule has 168 valence electrons. The number of hydrogen-bond donors (Lipinski definition) is 2. The van der Waals surface area contributed by atoms with Crippen LogP contribution in [-0.4, -0.2) is 40.4 Å². The molecular formula is C22H23ClN4O4S. The van der Waals surface area contributed by atoms with E-state index in [1.807, 2.05) is 6.92 Å². The summed E-state index contributed by atoms with van der Waals surface area (Å²) in [7, 11) is 1.49. The van der Waals surface area contributed by atoms with Crippen molar-refractivity contribution in [1.29, 1.82) is 0 Å². The number of ether oxygens (including phenoxy) is 1. The third-order valence-electron chi connectivity index (χ3n) is 4.67. The van der Waals surface area contributed by atoms with Crippen molar-refractivity contribution in [2.75, 3.05) is 13.7 Å². The number of urea groups is 1. The fourth-order valence-corrected chi connectivity index (χ4v) is 4.09. The summed E-state index contributed by atoms with van der Waals surface area (Å²) >= 11 is 7.31. The van der Waals surface area contributed by atoms with Crippen molar-refractivity contribution in [3.05, 3.63) is 57.3 Å². The van der Waals surface area contributed by atoms with Gasteiger partial charge in [0.2, 0.25) is 5.91 Å². The van der Waals surface area contributed by atoms with E-state index in [1.165, 1.54) is 11.7 Å². The molecule has 0 bridgehead atoms. The lowest BCUT2D eigenvalue weighted by Crippen LogP contribution is -2.42. The van der Waals surface area contributed by atoms with Gasteiger partial charge in [0.1, 0.15) is 5.75 Å². The molecule has 0 spiro atoms. The second-order valence-electron chi connectivity index (χ2n) is 6.93. The van der Waals surface area contributed by atoms with Crippen LogP contribution in [0.25, 0.3) is 16.6 Å². The van der Waals surface area contributed by atoms with Gasteiger partial charge >= 0.3 is 6.03 Å². The first-order valence-corrected chi connectivity index (χ1v) is 11.1. The topological polar surface area (TPSA) is 102 Å². The van der Waals surface area contributed by atoms with Crippen LogP contribution in [0, 0.1) is 6.92 Å². The Kier molecular flexibility index (Phi) is 7.42. The molecule has 0 fully saturated rings. The number of benzene rings is 2. The number of amides is 3. The van der Waals surface area contributed by atoms with E-state index in [0.717, 1.165) is 17.3 Å². The molecule has 3 aromatic rings. The maximum absolute atomic E-state index is 13.5. The van der Waals surface area contributed by atoms with Crippen LogP contribution in [0.2, 0.25) is 5.02 Å². The van der Waals surface area contributed by atoms with Gasteiger partial charge in [0, 0.05) is 17.6 Å². The van der Waals surface area contributed by atoms with Crippen LogP contribution < -0.4 is 20.9 Å². The molecule has 3 amide bonds. The fourth-order valence-electron chi connectivity index (χ4n) is 3.02. The van der Waals surface area contributed by atoms with Gasteiger partial charge in [-0.25, -0.2) is 9.78 Å². The number of hydrogen-bond acceptors (Lipinski definition) is 6. The number of carbonyl (C=O) groups excluding carboxylic acids is 2. The van der Waals surface area contributed by atoms with E-state index in [9.17, 15) is 14.4 Å². The first-order valence-electron chi connectivity index (χ1n) is 9.88. The summed E-state index contributed by atoms with van der Waals surface area (Å²) in [5.41, 5.74) is 1.39. The maximum atomic E-state index is 13.5. The number of carbonyl (C=O) groups is 2. The molecule has 8 nitrogen and oxygen atoms in total. The average Bonchev–Trinajstić information content (AvgIpc) is 2.76. The molecule has 0 aliphatic heterocycles. The number of aromatic nitrogens is 2. The van der Waals surface area contributed by atoms with E-state index in [4.69, 9.17) is 16.3 Å². The van der Waals surface area contributed by atoms with Gasteiger partial charge in [-0.2, -0.15) is 0 Å². The van der Waals surface area contributed by atoms with Crippen LogP contribution in [0.15, 0.2) is 46.3 Å².